The maximum atomic E-state index is 6.05. The molecular formula is C19H17N5O3S2. The van der Waals surface area contributed by atoms with Crippen LogP contribution in [-0.2, 0) is 7.05 Å². The van der Waals surface area contributed by atoms with E-state index in [-0.39, 0.29) is 11.4 Å². The van der Waals surface area contributed by atoms with Crippen molar-refractivity contribution in [3.05, 3.63) is 53.5 Å². The van der Waals surface area contributed by atoms with E-state index in [2.05, 4.69) is 20.4 Å². The number of fused-ring (bicyclic) bond motifs is 1. The molecule has 1 aromatic carbocycles. The molecule has 4 heterocycles. The zero-order valence-corrected chi connectivity index (χ0v) is 17.3. The Morgan fingerprint density at radius 2 is 1.97 bits per heavy atom. The molecule has 0 saturated carbocycles. The van der Waals surface area contributed by atoms with Crippen molar-refractivity contribution in [2.24, 2.45) is 7.05 Å². The molecular weight excluding hydrogens is 410 g/mol. The third-order valence-corrected chi connectivity index (χ3v) is 6.45. The summed E-state index contributed by atoms with van der Waals surface area (Å²) in [6.45, 7) is 2.39. The summed E-state index contributed by atoms with van der Waals surface area (Å²) in [6.07, 6.45) is -0.319. The van der Waals surface area contributed by atoms with Crippen molar-refractivity contribution in [1.82, 2.24) is 25.0 Å². The Morgan fingerprint density at radius 3 is 2.79 bits per heavy atom. The van der Waals surface area contributed by atoms with Crippen LogP contribution in [0.5, 0.6) is 11.5 Å². The number of para-hydroxylation sites is 2. The van der Waals surface area contributed by atoms with Crippen LogP contribution in [0, 0.1) is 0 Å². The van der Waals surface area contributed by atoms with Gasteiger partial charge in [-0.2, -0.15) is 0 Å². The number of ether oxygens (including phenoxy) is 2. The number of nitrogens with zero attached hydrogens (tertiary/aromatic N) is 5. The van der Waals surface area contributed by atoms with Crippen molar-refractivity contribution < 1.29 is 13.9 Å². The fourth-order valence-corrected chi connectivity index (χ4v) is 4.46. The van der Waals surface area contributed by atoms with E-state index >= 15 is 0 Å². The van der Waals surface area contributed by atoms with Gasteiger partial charge in [0.2, 0.25) is 5.89 Å². The summed E-state index contributed by atoms with van der Waals surface area (Å²) in [5.41, 5.74) is 0. The van der Waals surface area contributed by atoms with E-state index in [9.17, 15) is 0 Å². The van der Waals surface area contributed by atoms with Gasteiger partial charge >= 0.3 is 0 Å². The molecule has 0 fully saturated rings. The van der Waals surface area contributed by atoms with Gasteiger partial charge in [-0.15, -0.1) is 31.7 Å². The van der Waals surface area contributed by atoms with Crippen LogP contribution in [0.2, 0.25) is 0 Å². The van der Waals surface area contributed by atoms with E-state index in [0.717, 1.165) is 15.8 Å². The minimum atomic E-state index is -0.319. The average Bonchev–Trinajstić information content (AvgIpc) is 3.49. The van der Waals surface area contributed by atoms with Gasteiger partial charge in [-0.25, -0.2) is 0 Å². The van der Waals surface area contributed by atoms with Gasteiger partial charge in [0, 0.05) is 7.05 Å². The Labute approximate surface area is 174 Å². The predicted molar refractivity (Wildman–Crippen MR) is 108 cm³/mol. The summed E-state index contributed by atoms with van der Waals surface area (Å²) in [6, 6.07) is 11.5. The molecule has 4 aromatic rings. The molecule has 5 rings (SSSR count). The van der Waals surface area contributed by atoms with E-state index in [4.69, 9.17) is 13.9 Å². The predicted octanol–water partition coefficient (Wildman–Crippen LogP) is 4.29. The van der Waals surface area contributed by atoms with E-state index < -0.39 is 0 Å². The van der Waals surface area contributed by atoms with Crippen LogP contribution in [0.1, 0.15) is 30.0 Å². The maximum absolute atomic E-state index is 6.05. The smallest absolute Gasteiger partial charge is 0.257 e. The zero-order chi connectivity index (χ0) is 19.8. The lowest BCUT2D eigenvalue weighted by Crippen LogP contribution is -2.24. The highest BCUT2D eigenvalue weighted by molar-refractivity contribution is 7.99. The molecule has 0 amide bonds. The second-order valence-electron chi connectivity index (χ2n) is 6.45. The quantitative estimate of drug-likeness (QED) is 0.436. The van der Waals surface area contributed by atoms with Gasteiger partial charge in [-0.1, -0.05) is 30.0 Å². The third kappa shape index (κ3) is 3.49. The molecule has 10 heteroatoms. The molecule has 29 heavy (non-hydrogen) atoms. The summed E-state index contributed by atoms with van der Waals surface area (Å²) < 4.78 is 19.6. The number of thioether (sulfide) groups is 1. The summed E-state index contributed by atoms with van der Waals surface area (Å²) in [4.78, 5) is 0.955. The molecule has 1 aliphatic rings. The lowest BCUT2D eigenvalue weighted by Gasteiger charge is -2.25. The molecule has 2 atom stereocenters. The summed E-state index contributed by atoms with van der Waals surface area (Å²) in [7, 11) is 1.92. The molecule has 0 unspecified atom stereocenters. The number of hydrogen-bond acceptors (Lipinski definition) is 9. The highest BCUT2D eigenvalue weighted by Crippen LogP contribution is 2.38. The summed E-state index contributed by atoms with van der Waals surface area (Å²) >= 11 is 3.07. The molecule has 0 N–H and O–H groups in total. The molecule has 0 bridgehead atoms. The Hall–Kier alpha value is -2.85. The zero-order valence-electron chi connectivity index (χ0n) is 15.7. The van der Waals surface area contributed by atoms with Crippen molar-refractivity contribution in [3.8, 4) is 22.3 Å². The van der Waals surface area contributed by atoms with Crippen molar-refractivity contribution in [1.29, 1.82) is 0 Å². The summed E-state index contributed by atoms with van der Waals surface area (Å²) in [5.74, 6) is 3.24. The normalized spacial score (nSPS) is 16.7. The van der Waals surface area contributed by atoms with Crippen molar-refractivity contribution >= 4 is 23.1 Å². The molecule has 0 saturated heterocycles. The van der Waals surface area contributed by atoms with E-state index in [1.165, 1.54) is 11.8 Å². The number of hydrogen-bond donors (Lipinski definition) is 0. The molecule has 0 aliphatic carbocycles. The second kappa shape index (κ2) is 7.53. The highest BCUT2D eigenvalue weighted by Gasteiger charge is 2.28. The first-order chi connectivity index (χ1) is 14.2. The Balaban J connectivity index is 1.31. The first-order valence-electron chi connectivity index (χ1n) is 9.01. The number of rotatable bonds is 5. The second-order valence-corrected chi connectivity index (χ2v) is 8.70. The van der Waals surface area contributed by atoms with Crippen molar-refractivity contribution in [3.63, 3.8) is 0 Å². The number of aromatic nitrogens is 5. The van der Waals surface area contributed by atoms with Crippen LogP contribution in [0.25, 0.3) is 10.8 Å². The number of thiophene rings is 1. The Bertz CT molecular complexity index is 1120. The molecule has 0 spiro atoms. The Kier molecular flexibility index (Phi) is 4.72. The first-order valence-corrected chi connectivity index (χ1v) is 10.8. The van der Waals surface area contributed by atoms with Gasteiger partial charge in [0.05, 0.1) is 10.1 Å². The fraction of sp³-hybridized carbons (Fsp3) is 0.263. The topological polar surface area (TPSA) is 88.1 Å². The van der Waals surface area contributed by atoms with E-state index in [1.54, 1.807) is 11.3 Å². The maximum Gasteiger partial charge on any atom is 0.257 e. The molecule has 148 valence electrons. The van der Waals surface area contributed by atoms with Crippen LogP contribution in [0.3, 0.4) is 0 Å². The van der Waals surface area contributed by atoms with Crippen LogP contribution in [0.15, 0.2) is 51.4 Å². The molecule has 0 radical (unpaired) electrons. The monoisotopic (exact) mass is 427 g/mol. The highest BCUT2D eigenvalue weighted by atomic mass is 32.2. The third-order valence-electron chi connectivity index (χ3n) is 4.47. The minimum Gasteiger partial charge on any atom is -0.485 e. The van der Waals surface area contributed by atoms with Gasteiger partial charge in [-0.05, 0) is 30.5 Å². The van der Waals surface area contributed by atoms with Crippen molar-refractivity contribution in [2.75, 3.05) is 6.61 Å². The molecule has 3 aromatic heterocycles. The fourth-order valence-electron chi connectivity index (χ4n) is 2.96. The van der Waals surface area contributed by atoms with Gasteiger partial charge < -0.3 is 18.5 Å². The van der Waals surface area contributed by atoms with Crippen LogP contribution < -0.4 is 9.47 Å². The van der Waals surface area contributed by atoms with Gasteiger partial charge in [0.25, 0.3) is 5.89 Å². The van der Waals surface area contributed by atoms with Gasteiger partial charge in [0.15, 0.2) is 28.6 Å². The van der Waals surface area contributed by atoms with Gasteiger partial charge in [-0.3, -0.25) is 0 Å². The SMILES string of the molecule is C[C@@H](Sc1nnc([C@H]2COc3ccccc3O2)n1C)c1nnc(-c2cccs2)o1. The summed E-state index contributed by atoms with van der Waals surface area (Å²) in [5, 5.41) is 19.6. The van der Waals surface area contributed by atoms with Crippen LogP contribution in [0.4, 0.5) is 0 Å². The first kappa shape index (κ1) is 18.2. The largest absolute Gasteiger partial charge is 0.485 e. The van der Waals surface area contributed by atoms with Crippen LogP contribution >= 0.6 is 23.1 Å². The van der Waals surface area contributed by atoms with Crippen molar-refractivity contribution in [2.45, 2.75) is 23.4 Å². The lowest BCUT2D eigenvalue weighted by molar-refractivity contribution is 0.0825. The van der Waals surface area contributed by atoms with E-state index in [0.29, 0.717) is 30.0 Å². The minimum absolute atomic E-state index is 0.0730. The average molecular weight is 428 g/mol. The van der Waals surface area contributed by atoms with E-state index in [1.807, 2.05) is 60.3 Å². The Morgan fingerprint density at radius 1 is 1.10 bits per heavy atom. The molecule has 8 nitrogen and oxygen atoms in total. The molecule has 1 aliphatic heterocycles. The van der Waals surface area contributed by atoms with Gasteiger partial charge in [0.1, 0.15) is 6.61 Å². The number of benzene rings is 1. The lowest BCUT2D eigenvalue weighted by atomic mass is 10.2. The standard InChI is InChI=1S/C19H17N5O3S2/c1-11(17-21-22-18(27-17)15-8-5-9-28-15)29-19-23-20-16(24(19)2)14-10-25-12-6-3-4-7-13(12)26-14/h3-9,11,14H,10H2,1-2H3/t11-,14-/m1/s1. The van der Waals surface area contributed by atoms with Crippen LogP contribution in [-0.4, -0.2) is 31.6 Å².